The Morgan fingerprint density at radius 1 is 1.26 bits per heavy atom. The fourth-order valence-electron chi connectivity index (χ4n) is 2.66. The topological polar surface area (TPSA) is 32.3 Å². The van der Waals surface area contributed by atoms with E-state index in [0.717, 1.165) is 25.7 Å². The highest BCUT2D eigenvalue weighted by Gasteiger charge is 2.31. The Hall–Kier alpha value is -1.00. The van der Waals surface area contributed by atoms with Gasteiger partial charge in [0.1, 0.15) is 11.6 Å². The maximum atomic E-state index is 13.8. The molecule has 106 valence electrons. The lowest BCUT2D eigenvalue weighted by molar-refractivity contribution is 0.0452. The van der Waals surface area contributed by atoms with E-state index in [0.29, 0.717) is 17.7 Å². The second kappa shape index (κ2) is 5.55. The molecular weight excluding hydrogens is 248 g/mol. The number of hydrogen-bond donors (Lipinski definition) is 2. The standard InChI is InChI=1S/C15H21F2NO/c1-10-7-14(17)12(8-13(10)16)11(2)18-9-15(19)5-3-4-6-15/h7-8,11,18-19H,3-6,9H2,1-2H3. The number of aliphatic hydroxyl groups is 1. The lowest BCUT2D eigenvalue weighted by Gasteiger charge is -2.25. The maximum absolute atomic E-state index is 13.8. The molecule has 0 spiro atoms. The van der Waals surface area contributed by atoms with Crippen molar-refractivity contribution < 1.29 is 13.9 Å². The minimum atomic E-state index is -0.687. The van der Waals surface area contributed by atoms with E-state index >= 15 is 0 Å². The van der Waals surface area contributed by atoms with Crippen molar-refractivity contribution in [3.63, 3.8) is 0 Å². The van der Waals surface area contributed by atoms with Gasteiger partial charge in [0.05, 0.1) is 5.60 Å². The summed E-state index contributed by atoms with van der Waals surface area (Å²) in [4.78, 5) is 0. The van der Waals surface area contributed by atoms with Gasteiger partial charge in [-0.1, -0.05) is 12.8 Å². The van der Waals surface area contributed by atoms with Crippen molar-refractivity contribution in [1.82, 2.24) is 5.32 Å². The molecule has 2 N–H and O–H groups in total. The fourth-order valence-corrected chi connectivity index (χ4v) is 2.66. The molecule has 19 heavy (non-hydrogen) atoms. The molecular formula is C15H21F2NO. The summed E-state index contributed by atoms with van der Waals surface area (Å²) in [6, 6.07) is 2.13. The van der Waals surface area contributed by atoms with E-state index in [9.17, 15) is 13.9 Å². The number of benzene rings is 1. The Kier molecular flexibility index (Phi) is 4.21. The number of hydrogen-bond acceptors (Lipinski definition) is 2. The Balaban J connectivity index is 2.03. The molecule has 0 heterocycles. The molecule has 0 saturated heterocycles. The molecule has 2 rings (SSSR count). The van der Waals surface area contributed by atoms with Gasteiger partial charge in [0, 0.05) is 18.2 Å². The van der Waals surface area contributed by atoms with Crippen molar-refractivity contribution in [2.75, 3.05) is 6.54 Å². The van der Waals surface area contributed by atoms with Gasteiger partial charge in [0.15, 0.2) is 0 Å². The van der Waals surface area contributed by atoms with Gasteiger partial charge in [-0.3, -0.25) is 0 Å². The normalized spacial score (nSPS) is 19.6. The van der Waals surface area contributed by atoms with E-state index in [1.807, 2.05) is 0 Å². The molecule has 4 heteroatoms. The maximum Gasteiger partial charge on any atom is 0.128 e. The number of nitrogens with one attached hydrogen (secondary N) is 1. The van der Waals surface area contributed by atoms with Gasteiger partial charge in [-0.15, -0.1) is 0 Å². The first-order valence-corrected chi connectivity index (χ1v) is 6.83. The zero-order chi connectivity index (χ0) is 14.0. The van der Waals surface area contributed by atoms with E-state index in [4.69, 9.17) is 0 Å². The van der Waals surface area contributed by atoms with Gasteiger partial charge < -0.3 is 10.4 Å². The van der Waals surface area contributed by atoms with Crippen LogP contribution in [0.3, 0.4) is 0 Å². The van der Waals surface area contributed by atoms with E-state index in [1.165, 1.54) is 12.1 Å². The van der Waals surface area contributed by atoms with Crippen LogP contribution >= 0.6 is 0 Å². The van der Waals surface area contributed by atoms with Crippen LogP contribution in [-0.4, -0.2) is 17.3 Å². The first-order valence-electron chi connectivity index (χ1n) is 6.83. The molecule has 0 radical (unpaired) electrons. The molecule has 1 fully saturated rings. The van der Waals surface area contributed by atoms with E-state index in [2.05, 4.69) is 5.32 Å². The van der Waals surface area contributed by atoms with Gasteiger partial charge in [0.2, 0.25) is 0 Å². The van der Waals surface area contributed by atoms with Crippen molar-refractivity contribution >= 4 is 0 Å². The van der Waals surface area contributed by atoms with Gasteiger partial charge >= 0.3 is 0 Å². The van der Waals surface area contributed by atoms with Crippen molar-refractivity contribution in [2.24, 2.45) is 0 Å². The minimum absolute atomic E-state index is 0.308. The van der Waals surface area contributed by atoms with Crippen LogP contribution in [0, 0.1) is 18.6 Å². The summed E-state index contributed by atoms with van der Waals surface area (Å²) in [5, 5.41) is 13.3. The highest BCUT2D eigenvalue weighted by atomic mass is 19.1. The van der Waals surface area contributed by atoms with Crippen LogP contribution in [0.5, 0.6) is 0 Å². The monoisotopic (exact) mass is 269 g/mol. The SMILES string of the molecule is Cc1cc(F)c(C(C)NCC2(O)CCCC2)cc1F. The van der Waals surface area contributed by atoms with E-state index < -0.39 is 17.2 Å². The van der Waals surface area contributed by atoms with Crippen molar-refractivity contribution in [3.05, 3.63) is 34.9 Å². The molecule has 0 amide bonds. The Morgan fingerprint density at radius 2 is 1.89 bits per heavy atom. The highest BCUT2D eigenvalue weighted by Crippen LogP contribution is 2.29. The summed E-state index contributed by atoms with van der Waals surface area (Å²) in [6.07, 6.45) is 3.61. The summed E-state index contributed by atoms with van der Waals surface area (Å²) in [6.45, 7) is 3.75. The zero-order valence-electron chi connectivity index (χ0n) is 11.5. The van der Waals surface area contributed by atoms with Crippen LogP contribution in [0.15, 0.2) is 12.1 Å². The predicted molar refractivity (Wildman–Crippen MR) is 70.9 cm³/mol. The average Bonchev–Trinajstić information content (AvgIpc) is 2.78. The third-order valence-electron chi connectivity index (χ3n) is 4.02. The second-order valence-electron chi connectivity index (χ2n) is 5.66. The summed E-state index contributed by atoms with van der Waals surface area (Å²) in [5.74, 6) is -0.804. The second-order valence-corrected chi connectivity index (χ2v) is 5.66. The number of rotatable bonds is 4. The van der Waals surface area contributed by atoms with Crippen molar-refractivity contribution in [1.29, 1.82) is 0 Å². The highest BCUT2D eigenvalue weighted by molar-refractivity contribution is 5.27. The molecule has 2 nitrogen and oxygen atoms in total. The smallest absolute Gasteiger partial charge is 0.128 e. The summed E-state index contributed by atoms with van der Waals surface area (Å²) in [7, 11) is 0. The average molecular weight is 269 g/mol. The third kappa shape index (κ3) is 3.31. The van der Waals surface area contributed by atoms with Crippen LogP contribution in [-0.2, 0) is 0 Å². The molecule has 1 aromatic carbocycles. The molecule has 1 atom stereocenters. The molecule has 1 aliphatic carbocycles. The minimum Gasteiger partial charge on any atom is -0.389 e. The van der Waals surface area contributed by atoms with Gasteiger partial charge in [0.25, 0.3) is 0 Å². The zero-order valence-corrected chi connectivity index (χ0v) is 11.5. The third-order valence-corrected chi connectivity index (χ3v) is 4.02. The Labute approximate surface area is 112 Å². The largest absolute Gasteiger partial charge is 0.389 e. The van der Waals surface area contributed by atoms with Gasteiger partial charge in [-0.05, 0) is 44.4 Å². The number of aryl methyl sites for hydroxylation is 1. The van der Waals surface area contributed by atoms with E-state index in [1.54, 1.807) is 13.8 Å². The molecule has 1 unspecified atom stereocenters. The first-order chi connectivity index (χ1) is 8.91. The summed E-state index contributed by atoms with van der Waals surface area (Å²) < 4.78 is 27.3. The Bertz CT molecular complexity index is 456. The van der Waals surface area contributed by atoms with Crippen LogP contribution in [0.25, 0.3) is 0 Å². The molecule has 0 bridgehead atoms. The molecule has 1 aliphatic rings. The fraction of sp³-hybridized carbons (Fsp3) is 0.600. The quantitative estimate of drug-likeness (QED) is 0.879. The van der Waals surface area contributed by atoms with Gasteiger partial charge in [-0.25, -0.2) is 8.78 Å². The van der Waals surface area contributed by atoms with Crippen molar-refractivity contribution in [3.8, 4) is 0 Å². The first kappa shape index (κ1) is 14.4. The summed E-state index contributed by atoms with van der Waals surface area (Å²) >= 11 is 0. The molecule has 1 aromatic rings. The van der Waals surface area contributed by atoms with Crippen LogP contribution in [0.1, 0.15) is 49.8 Å². The lowest BCUT2D eigenvalue weighted by atomic mass is 10.0. The van der Waals surface area contributed by atoms with Crippen LogP contribution in [0.4, 0.5) is 8.78 Å². The predicted octanol–water partition coefficient (Wildman–Crippen LogP) is 3.23. The summed E-state index contributed by atoms with van der Waals surface area (Å²) in [5.41, 5.74) is -0.0684. The molecule has 0 aliphatic heterocycles. The van der Waals surface area contributed by atoms with Crippen LogP contribution < -0.4 is 5.32 Å². The van der Waals surface area contributed by atoms with E-state index in [-0.39, 0.29) is 6.04 Å². The van der Waals surface area contributed by atoms with Crippen molar-refractivity contribution in [2.45, 2.75) is 51.2 Å². The van der Waals surface area contributed by atoms with Crippen LogP contribution in [0.2, 0.25) is 0 Å². The van der Waals surface area contributed by atoms with Gasteiger partial charge in [-0.2, -0.15) is 0 Å². The number of halogens is 2. The Morgan fingerprint density at radius 3 is 2.53 bits per heavy atom. The molecule has 1 saturated carbocycles. The molecule has 0 aromatic heterocycles. The lowest BCUT2D eigenvalue weighted by Crippen LogP contribution is -2.39.